The first-order valence-electron chi connectivity index (χ1n) is 7.53. The third kappa shape index (κ3) is 4.47. The van der Waals surface area contributed by atoms with Crippen molar-refractivity contribution in [3.63, 3.8) is 0 Å². The first kappa shape index (κ1) is 15.8. The van der Waals surface area contributed by atoms with Gasteiger partial charge in [-0.1, -0.05) is 30.3 Å². The molecule has 0 saturated carbocycles. The normalized spacial score (nSPS) is 31.7. The molecule has 4 heterocycles. The van der Waals surface area contributed by atoms with Crippen LogP contribution in [0.5, 0.6) is 0 Å². The van der Waals surface area contributed by atoms with Crippen molar-refractivity contribution < 1.29 is 14.6 Å². The monoisotopic (exact) mass is 308 g/mol. The quantitative estimate of drug-likeness (QED) is 0.612. The van der Waals surface area contributed by atoms with E-state index in [0.717, 1.165) is 5.56 Å². The van der Waals surface area contributed by atoms with Gasteiger partial charge in [-0.25, -0.2) is 0 Å². The minimum atomic E-state index is -0.297. The van der Waals surface area contributed by atoms with Crippen molar-refractivity contribution in [1.29, 1.82) is 0 Å². The van der Waals surface area contributed by atoms with E-state index in [-0.39, 0.29) is 13.6 Å². The van der Waals surface area contributed by atoms with Gasteiger partial charge in [0.1, 0.15) is 13.6 Å². The molecule has 0 aliphatic carbocycles. The molecule has 0 radical (unpaired) electrons. The summed E-state index contributed by atoms with van der Waals surface area (Å²) in [7, 11) is 0. The molecule has 0 amide bonds. The Labute approximate surface area is 131 Å². The minimum absolute atomic E-state index is 0.130. The molecule has 1 aromatic carbocycles. The van der Waals surface area contributed by atoms with Crippen LogP contribution in [0.25, 0.3) is 0 Å². The number of aliphatic hydroxyl groups is 1. The highest BCUT2D eigenvalue weighted by atomic mass is 16.7. The Bertz CT molecular complexity index is 389. The zero-order valence-corrected chi connectivity index (χ0v) is 12.8. The predicted octanol–water partition coefficient (Wildman–Crippen LogP) is 0.107. The highest BCUT2D eigenvalue weighted by Gasteiger charge is 2.36. The molecule has 4 aliphatic rings. The van der Waals surface area contributed by atoms with Gasteiger partial charge in [-0.15, -0.1) is 0 Å². The Morgan fingerprint density at radius 3 is 1.73 bits per heavy atom. The molecule has 0 aromatic heterocycles. The van der Waals surface area contributed by atoms with E-state index in [1.54, 1.807) is 0 Å². The van der Waals surface area contributed by atoms with Crippen LogP contribution in [-0.2, 0) is 16.1 Å². The van der Waals surface area contributed by atoms with E-state index >= 15 is 0 Å². The van der Waals surface area contributed by atoms with Gasteiger partial charge in [-0.05, 0) is 5.56 Å². The van der Waals surface area contributed by atoms with Gasteiger partial charge in [0.25, 0.3) is 0 Å². The number of ether oxygens (including phenoxy) is 2. The molecule has 4 saturated heterocycles. The fourth-order valence-corrected chi connectivity index (χ4v) is 3.06. The maximum absolute atomic E-state index is 8.26. The zero-order valence-electron chi connectivity index (χ0n) is 12.8. The summed E-state index contributed by atoms with van der Waals surface area (Å²) in [5, 5.41) is 8.26. The van der Waals surface area contributed by atoms with Crippen molar-refractivity contribution in [2.75, 3.05) is 53.6 Å². The molecular weight excluding hydrogens is 284 g/mol. The van der Waals surface area contributed by atoms with E-state index in [4.69, 9.17) is 9.84 Å². The van der Waals surface area contributed by atoms with Crippen LogP contribution >= 0.6 is 0 Å². The number of rotatable bonds is 5. The van der Waals surface area contributed by atoms with Gasteiger partial charge in [0.05, 0.1) is 46.6 Å². The molecule has 5 rings (SSSR count). The Balaban J connectivity index is 0.000000132. The van der Waals surface area contributed by atoms with Gasteiger partial charge in [-0.3, -0.25) is 19.6 Å². The summed E-state index contributed by atoms with van der Waals surface area (Å²) in [6, 6.07) is 9.79. The predicted molar refractivity (Wildman–Crippen MR) is 80.8 cm³/mol. The molecule has 22 heavy (non-hydrogen) atoms. The van der Waals surface area contributed by atoms with Crippen molar-refractivity contribution in [3.8, 4) is 0 Å². The van der Waals surface area contributed by atoms with E-state index in [2.05, 4.69) is 24.3 Å². The molecule has 4 fully saturated rings. The van der Waals surface area contributed by atoms with Gasteiger partial charge in [0.15, 0.2) is 0 Å². The molecule has 4 bridgehead atoms. The summed E-state index contributed by atoms with van der Waals surface area (Å²) in [6.45, 7) is 7.47. The third-order valence-electron chi connectivity index (χ3n) is 3.77. The Morgan fingerprint density at radius 1 is 0.773 bits per heavy atom. The van der Waals surface area contributed by atoms with Crippen LogP contribution in [0.4, 0.5) is 0 Å². The smallest absolute Gasteiger partial charge is 0.150 e. The summed E-state index contributed by atoms with van der Waals surface area (Å²) in [5.41, 5.74) is 1.10. The fourth-order valence-electron chi connectivity index (χ4n) is 3.06. The molecule has 0 atom stereocenters. The van der Waals surface area contributed by atoms with Gasteiger partial charge in [-0.2, -0.15) is 0 Å². The second-order valence-electron chi connectivity index (χ2n) is 5.82. The van der Waals surface area contributed by atoms with Crippen LogP contribution < -0.4 is 0 Å². The first-order chi connectivity index (χ1) is 10.8. The van der Waals surface area contributed by atoms with Crippen molar-refractivity contribution in [3.05, 3.63) is 35.9 Å². The third-order valence-corrected chi connectivity index (χ3v) is 3.77. The number of benzene rings is 1. The van der Waals surface area contributed by atoms with Crippen molar-refractivity contribution in [2.45, 2.75) is 6.61 Å². The van der Waals surface area contributed by atoms with Gasteiger partial charge in [0.2, 0.25) is 0 Å². The molecule has 1 N–H and O–H groups in total. The average Bonchev–Trinajstić information content (AvgIpc) is 2.52. The van der Waals surface area contributed by atoms with Gasteiger partial charge in [0, 0.05) is 0 Å². The summed E-state index contributed by atoms with van der Waals surface area (Å²) in [5.74, 6) is 0. The number of nitrogens with zero attached hydrogens (tertiary/aromatic N) is 4. The Hall–Kier alpha value is -1.06. The summed E-state index contributed by atoms with van der Waals surface area (Å²) < 4.78 is 9.67. The molecule has 7 nitrogen and oxygen atoms in total. The van der Waals surface area contributed by atoms with Crippen LogP contribution in [0, 0.1) is 0 Å². The zero-order chi connectivity index (χ0) is 15.2. The van der Waals surface area contributed by atoms with Crippen LogP contribution in [0.2, 0.25) is 0 Å². The summed E-state index contributed by atoms with van der Waals surface area (Å²) >= 11 is 0. The highest BCUT2D eigenvalue weighted by Crippen LogP contribution is 2.20. The van der Waals surface area contributed by atoms with Crippen LogP contribution in [0.15, 0.2) is 30.3 Å². The highest BCUT2D eigenvalue weighted by molar-refractivity contribution is 5.13. The fraction of sp³-hybridized carbons (Fsp3) is 0.600. The lowest BCUT2D eigenvalue weighted by molar-refractivity contribution is -0.194. The van der Waals surface area contributed by atoms with Gasteiger partial charge >= 0.3 is 0 Å². The maximum Gasteiger partial charge on any atom is 0.150 e. The number of hydrogen-bond acceptors (Lipinski definition) is 7. The first-order valence-corrected chi connectivity index (χ1v) is 7.53. The molecule has 4 aliphatic heterocycles. The van der Waals surface area contributed by atoms with E-state index in [1.165, 1.54) is 40.0 Å². The SMILES string of the molecule is C1N2CN3CN1CN(C2)C3.OCOCOCc1ccccc1. The van der Waals surface area contributed by atoms with Crippen molar-refractivity contribution in [1.82, 2.24) is 19.6 Å². The van der Waals surface area contributed by atoms with E-state index < -0.39 is 0 Å². The van der Waals surface area contributed by atoms with Crippen molar-refractivity contribution in [2.24, 2.45) is 0 Å². The molecule has 122 valence electrons. The number of aliphatic hydroxyl groups excluding tert-OH is 1. The van der Waals surface area contributed by atoms with E-state index in [1.807, 2.05) is 30.3 Å². The standard InChI is InChI=1S/C9H12O3.C6H12N4/c10-7-12-8-11-6-9-4-2-1-3-5-9;1-7-2-9-4-8(1)5-10(3-7)6-9/h1-5,10H,6-8H2;1-6H2. The second-order valence-corrected chi connectivity index (χ2v) is 5.82. The second kappa shape index (κ2) is 7.98. The van der Waals surface area contributed by atoms with Crippen LogP contribution in [0.3, 0.4) is 0 Å². The minimum Gasteiger partial charge on any atom is -0.371 e. The van der Waals surface area contributed by atoms with Crippen LogP contribution in [0.1, 0.15) is 5.56 Å². The largest absolute Gasteiger partial charge is 0.371 e. The molecule has 0 unspecified atom stereocenters. The average molecular weight is 308 g/mol. The molecule has 0 spiro atoms. The topological polar surface area (TPSA) is 51.7 Å². The summed E-state index contributed by atoms with van der Waals surface area (Å²) in [6.07, 6.45) is 0. The summed E-state index contributed by atoms with van der Waals surface area (Å²) in [4.78, 5) is 9.88. The van der Waals surface area contributed by atoms with Gasteiger partial charge < -0.3 is 14.6 Å². The maximum atomic E-state index is 8.26. The lowest BCUT2D eigenvalue weighted by Gasteiger charge is -2.56. The van der Waals surface area contributed by atoms with Crippen molar-refractivity contribution >= 4 is 0 Å². The van der Waals surface area contributed by atoms with E-state index in [0.29, 0.717) is 6.61 Å². The number of hydrogen-bond donors (Lipinski definition) is 1. The van der Waals surface area contributed by atoms with E-state index in [9.17, 15) is 0 Å². The molecule has 1 aromatic rings. The Kier molecular flexibility index (Phi) is 5.74. The Morgan fingerprint density at radius 2 is 1.27 bits per heavy atom. The molecule has 7 heteroatoms. The lowest BCUT2D eigenvalue weighted by Crippen LogP contribution is -2.71. The lowest BCUT2D eigenvalue weighted by atomic mass is 10.2. The van der Waals surface area contributed by atoms with Crippen LogP contribution in [-0.4, -0.2) is 78.3 Å². The molecular formula is C15H24N4O3.